The lowest BCUT2D eigenvalue weighted by Crippen LogP contribution is -2.45. The van der Waals surface area contributed by atoms with Crippen LogP contribution < -0.4 is 15.5 Å². The zero-order chi connectivity index (χ0) is 20.1. The molecule has 2 saturated heterocycles. The SMILES string of the molecule is S=C(NCC1(c2ccc(Cl)cc2)CCOCC1)Nc1ccc(N2CCCC2)nc1. The maximum absolute atomic E-state index is 6.09. The number of halogens is 1. The third-order valence-corrected chi connectivity index (χ3v) is 6.43. The highest BCUT2D eigenvalue weighted by molar-refractivity contribution is 7.80. The molecule has 2 aliphatic rings. The van der Waals surface area contributed by atoms with Crippen molar-refractivity contribution in [2.24, 2.45) is 0 Å². The molecular weight excluding hydrogens is 404 g/mol. The van der Waals surface area contributed by atoms with E-state index < -0.39 is 0 Å². The van der Waals surface area contributed by atoms with Gasteiger partial charge in [0.05, 0.1) is 11.9 Å². The molecule has 154 valence electrons. The fourth-order valence-electron chi connectivity index (χ4n) is 4.15. The first-order valence-corrected chi connectivity index (χ1v) is 11.0. The molecular formula is C22H27ClN4OS. The number of hydrogen-bond donors (Lipinski definition) is 2. The van der Waals surface area contributed by atoms with Crippen LogP contribution >= 0.6 is 23.8 Å². The molecule has 0 bridgehead atoms. The van der Waals surface area contributed by atoms with Gasteiger partial charge in [0, 0.05) is 43.3 Å². The van der Waals surface area contributed by atoms with E-state index >= 15 is 0 Å². The molecule has 2 fully saturated rings. The van der Waals surface area contributed by atoms with Gasteiger partial charge in [0.25, 0.3) is 0 Å². The number of anilines is 2. The van der Waals surface area contributed by atoms with E-state index in [1.165, 1.54) is 18.4 Å². The number of benzene rings is 1. The van der Waals surface area contributed by atoms with Gasteiger partial charge in [-0.25, -0.2) is 4.98 Å². The molecule has 2 aliphatic heterocycles. The third-order valence-electron chi connectivity index (χ3n) is 5.93. The Labute approximate surface area is 182 Å². The molecule has 1 aromatic heterocycles. The summed E-state index contributed by atoms with van der Waals surface area (Å²) in [4.78, 5) is 6.90. The zero-order valence-electron chi connectivity index (χ0n) is 16.5. The summed E-state index contributed by atoms with van der Waals surface area (Å²) in [5, 5.41) is 8.05. The molecule has 0 atom stereocenters. The van der Waals surface area contributed by atoms with Crippen molar-refractivity contribution >= 4 is 40.4 Å². The minimum Gasteiger partial charge on any atom is -0.381 e. The van der Waals surface area contributed by atoms with E-state index in [1.807, 2.05) is 24.4 Å². The quantitative estimate of drug-likeness (QED) is 0.687. The molecule has 2 aromatic rings. The summed E-state index contributed by atoms with van der Waals surface area (Å²) in [6.45, 7) is 4.45. The molecule has 2 N–H and O–H groups in total. The van der Waals surface area contributed by atoms with Gasteiger partial charge in [-0.3, -0.25) is 0 Å². The van der Waals surface area contributed by atoms with Crippen molar-refractivity contribution < 1.29 is 4.74 Å². The second kappa shape index (κ2) is 9.28. The Morgan fingerprint density at radius 3 is 2.48 bits per heavy atom. The summed E-state index contributed by atoms with van der Waals surface area (Å²) >= 11 is 11.6. The van der Waals surface area contributed by atoms with Crippen molar-refractivity contribution in [2.45, 2.75) is 31.1 Å². The number of nitrogens with one attached hydrogen (secondary N) is 2. The van der Waals surface area contributed by atoms with Crippen LogP contribution in [-0.4, -0.2) is 42.9 Å². The van der Waals surface area contributed by atoms with Crippen LogP contribution in [0.2, 0.25) is 5.02 Å². The standard InChI is InChI=1S/C22H27ClN4OS/c23-18-5-3-17(4-6-18)22(9-13-28-14-10-22)16-25-21(29)26-19-7-8-20(24-15-19)27-11-1-2-12-27/h3-8,15H,1-2,9-14,16H2,(H2,25,26,29). The highest BCUT2D eigenvalue weighted by Gasteiger charge is 2.34. The van der Waals surface area contributed by atoms with Gasteiger partial charge in [0.15, 0.2) is 5.11 Å². The van der Waals surface area contributed by atoms with Crippen LogP contribution in [0.1, 0.15) is 31.2 Å². The van der Waals surface area contributed by atoms with Crippen molar-refractivity contribution in [3.05, 3.63) is 53.2 Å². The highest BCUT2D eigenvalue weighted by atomic mass is 35.5. The molecule has 5 nitrogen and oxygen atoms in total. The molecule has 3 heterocycles. The Morgan fingerprint density at radius 1 is 1.10 bits per heavy atom. The van der Waals surface area contributed by atoms with E-state index in [9.17, 15) is 0 Å². The molecule has 29 heavy (non-hydrogen) atoms. The van der Waals surface area contributed by atoms with E-state index in [2.05, 4.69) is 38.7 Å². The van der Waals surface area contributed by atoms with Crippen LogP contribution in [0.5, 0.6) is 0 Å². The van der Waals surface area contributed by atoms with Crippen LogP contribution in [0.25, 0.3) is 0 Å². The first kappa shape index (κ1) is 20.4. The monoisotopic (exact) mass is 430 g/mol. The normalized spacial score (nSPS) is 18.4. The molecule has 7 heteroatoms. The number of nitrogens with zero attached hydrogens (tertiary/aromatic N) is 2. The van der Waals surface area contributed by atoms with Gasteiger partial charge in [-0.15, -0.1) is 0 Å². The number of aromatic nitrogens is 1. The minimum absolute atomic E-state index is 0.00750. The highest BCUT2D eigenvalue weighted by Crippen LogP contribution is 2.35. The van der Waals surface area contributed by atoms with Gasteiger partial charge < -0.3 is 20.3 Å². The summed E-state index contributed by atoms with van der Waals surface area (Å²) in [7, 11) is 0. The van der Waals surface area contributed by atoms with Crippen LogP contribution in [0, 0.1) is 0 Å². The largest absolute Gasteiger partial charge is 0.381 e. The number of thiocarbonyl (C=S) groups is 1. The van der Waals surface area contributed by atoms with Gasteiger partial charge in [0.2, 0.25) is 0 Å². The smallest absolute Gasteiger partial charge is 0.170 e. The fraction of sp³-hybridized carbons (Fsp3) is 0.455. The molecule has 0 aliphatic carbocycles. The van der Waals surface area contributed by atoms with Gasteiger partial charge in [-0.1, -0.05) is 23.7 Å². The van der Waals surface area contributed by atoms with Crippen LogP contribution in [-0.2, 0) is 10.2 Å². The first-order chi connectivity index (χ1) is 14.1. The fourth-order valence-corrected chi connectivity index (χ4v) is 4.47. The van der Waals surface area contributed by atoms with E-state index in [1.54, 1.807) is 0 Å². The Hall–Kier alpha value is -1.89. The molecule has 0 radical (unpaired) electrons. The van der Waals surface area contributed by atoms with Crippen molar-refractivity contribution in [1.82, 2.24) is 10.3 Å². The average Bonchev–Trinajstić information content (AvgIpc) is 3.29. The Balaban J connectivity index is 1.37. The van der Waals surface area contributed by atoms with Gasteiger partial charge >= 0.3 is 0 Å². The molecule has 0 unspecified atom stereocenters. The lowest BCUT2D eigenvalue weighted by atomic mass is 9.74. The lowest BCUT2D eigenvalue weighted by Gasteiger charge is -2.38. The zero-order valence-corrected chi connectivity index (χ0v) is 18.1. The summed E-state index contributed by atoms with van der Waals surface area (Å²) in [5.41, 5.74) is 2.17. The Bertz CT molecular complexity index is 816. The summed E-state index contributed by atoms with van der Waals surface area (Å²) in [6, 6.07) is 12.2. The molecule has 0 amide bonds. The van der Waals surface area contributed by atoms with Crippen LogP contribution in [0.4, 0.5) is 11.5 Å². The predicted octanol–water partition coefficient (Wildman–Crippen LogP) is 4.37. The van der Waals surface area contributed by atoms with E-state index in [4.69, 9.17) is 28.6 Å². The first-order valence-electron chi connectivity index (χ1n) is 10.2. The number of ether oxygens (including phenoxy) is 1. The van der Waals surface area contributed by atoms with E-state index in [0.717, 1.165) is 62.2 Å². The predicted molar refractivity (Wildman–Crippen MR) is 123 cm³/mol. The summed E-state index contributed by atoms with van der Waals surface area (Å²) in [5.74, 6) is 1.04. The number of pyridine rings is 1. The van der Waals surface area contributed by atoms with Crippen molar-refractivity contribution in [2.75, 3.05) is 43.1 Å². The topological polar surface area (TPSA) is 49.4 Å². The second-order valence-corrected chi connectivity index (χ2v) is 8.65. The third kappa shape index (κ3) is 5.00. The Kier molecular flexibility index (Phi) is 6.53. The number of hydrogen-bond acceptors (Lipinski definition) is 4. The second-order valence-electron chi connectivity index (χ2n) is 7.81. The summed E-state index contributed by atoms with van der Waals surface area (Å²) < 4.78 is 5.61. The minimum atomic E-state index is -0.00750. The number of rotatable bonds is 5. The van der Waals surface area contributed by atoms with Gasteiger partial charge in [0.1, 0.15) is 5.82 Å². The van der Waals surface area contributed by atoms with E-state index in [0.29, 0.717) is 5.11 Å². The maximum Gasteiger partial charge on any atom is 0.170 e. The van der Waals surface area contributed by atoms with Crippen molar-refractivity contribution in [1.29, 1.82) is 0 Å². The van der Waals surface area contributed by atoms with Crippen LogP contribution in [0.15, 0.2) is 42.6 Å². The maximum atomic E-state index is 6.09. The molecule has 0 saturated carbocycles. The van der Waals surface area contributed by atoms with Gasteiger partial charge in [-0.05, 0) is 67.7 Å². The molecule has 1 aromatic carbocycles. The Morgan fingerprint density at radius 2 is 1.83 bits per heavy atom. The van der Waals surface area contributed by atoms with Crippen molar-refractivity contribution in [3.63, 3.8) is 0 Å². The van der Waals surface area contributed by atoms with Crippen LogP contribution in [0.3, 0.4) is 0 Å². The van der Waals surface area contributed by atoms with Gasteiger partial charge in [-0.2, -0.15) is 0 Å². The summed E-state index contributed by atoms with van der Waals surface area (Å²) in [6.07, 6.45) is 6.25. The average molecular weight is 431 g/mol. The van der Waals surface area contributed by atoms with E-state index in [-0.39, 0.29) is 5.41 Å². The lowest BCUT2D eigenvalue weighted by molar-refractivity contribution is 0.0515. The molecule has 0 spiro atoms. The molecule has 4 rings (SSSR count). The van der Waals surface area contributed by atoms with Crippen molar-refractivity contribution in [3.8, 4) is 0 Å².